The van der Waals surface area contributed by atoms with E-state index in [9.17, 15) is 0 Å². The zero-order valence-corrected chi connectivity index (χ0v) is 13.3. The lowest BCUT2D eigenvalue weighted by molar-refractivity contribution is 0.128. The van der Waals surface area contributed by atoms with Gasteiger partial charge < -0.3 is 4.42 Å². The van der Waals surface area contributed by atoms with Crippen LogP contribution in [0.2, 0.25) is 0 Å². The number of oxazole rings is 1. The molecule has 22 heavy (non-hydrogen) atoms. The van der Waals surface area contributed by atoms with E-state index >= 15 is 0 Å². The van der Waals surface area contributed by atoms with Crippen molar-refractivity contribution in [3.8, 4) is 0 Å². The molecule has 1 atom stereocenters. The largest absolute Gasteiger partial charge is 0.438 e. The summed E-state index contributed by atoms with van der Waals surface area (Å²) in [5.41, 5.74) is 1.45. The van der Waals surface area contributed by atoms with Crippen LogP contribution in [-0.4, -0.2) is 26.4 Å². The Labute approximate surface area is 133 Å². The number of pyridine rings is 1. The summed E-state index contributed by atoms with van der Waals surface area (Å²) in [5.74, 6) is 0.744. The molecular weight excluding hydrogens is 296 g/mol. The van der Waals surface area contributed by atoms with Crippen molar-refractivity contribution in [2.75, 3.05) is 6.54 Å². The number of nitrogens with zero attached hydrogens (tertiary/aromatic N) is 4. The van der Waals surface area contributed by atoms with Crippen LogP contribution in [0.4, 0.5) is 0 Å². The Balaban J connectivity index is 1.59. The second-order valence-electron chi connectivity index (χ2n) is 5.72. The molecule has 0 amide bonds. The minimum atomic E-state index is 0.385. The number of piperidine rings is 1. The van der Waals surface area contributed by atoms with Gasteiger partial charge in [-0.05, 0) is 38.4 Å². The summed E-state index contributed by atoms with van der Waals surface area (Å²) in [7, 11) is 0. The second kappa shape index (κ2) is 5.78. The smallest absolute Gasteiger partial charge is 0.211 e. The molecule has 0 bridgehead atoms. The van der Waals surface area contributed by atoms with Gasteiger partial charge in [0, 0.05) is 17.3 Å². The Hall–Kier alpha value is -1.79. The van der Waals surface area contributed by atoms with Gasteiger partial charge in [-0.2, -0.15) is 4.98 Å². The molecule has 0 radical (unpaired) electrons. The average Bonchev–Trinajstić information content (AvgIpc) is 3.13. The van der Waals surface area contributed by atoms with Crippen LogP contribution in [0.3, 0.4) is 0 Å². The van der Waals surface area contributed by atoms with Gasteiger partial charge >= 0.3 is 0 Å². The lowest BCUT2D eigenvalue weighted by atomic mass is 10.0. The highest BCUT2D eigenvalue weighted by molar-refractivity contribution is 7.11. The van der Waals surface area contributed by atoms with E-state index in [1.54, 1.807) is 17.5 Å². The zero-order valence-electron chi connectivity index (χ0n) is 12.5. The van der Waals surface area contributed by atoms with Gasteiger partial charge in [-0.3, -0.25) is 4.90 Å². The number of fused-ring (bicyclic) bond motifs is 1. The predicted octanol–water partition coefficient (Wildman–Crippen LogP) is 3.71. The van der Waals surface area contributed by atoms with Crippen LogP contribution in [0.15, 0.2) is 28.9 Å². The third-order valence-electron chi connectivity index (χ3n) is 4.09. The van der Waals surface area contributed by atoms with Crippen LogP contribution < -0.4 is 0 Å². The molecule has 0 aliphatic carbocycles. The summed E-state index contributed by atoms with van der Waals surface area (Å²) in [6.07, 6.45) is 7.35. The Kier molecular flexibility index (Phi) is 3.63. The molecule has 1 aliphatic heterocycles. The van der Waals surface area contributed by atoms with Gasteiger partial charge in [-0.15, -0.1) is 11.3 Å². The first-order chi connectivity index (χ1) is 10.8. The van der Waals surface area contributed by atoms with Crippen LogP contribution in [0.1, 0.15) is 41.1 Å². The van der Waals surface area contributed by atoms with Crippen LogP contribution in [0, 0.1) is 6.92 Å². The van der Waals surface area contributed by atoms with Gasteiger partial charge in [0.05, 0.1) is 12.6 Å². The molecule has 6 heteroatoms. The first kappa shape index (κ1) is 13.8. The molecule has 0 N–H and O–H groups in total. The molecule has 1 fully saturated rings. The third-order valence-corrected chi connectivity index (χ3v) is 5.10. The standard InChI is InChI=1S/C16H18N4OS/c1-11-9-18-16(22-11)12-5-2-3-8-20(12)10-14-19-15-13(21-14)6-4-7-17-15/h4,6-7,9,12H,2-3,5,8,10H2,1H3. The fourth-order valence-electron chi connectivity index (χ4n) is 3.04. The minimum absolute atomic E-state index is 0.385. The van der Waals surface area contributed by atoms with E-state index < -0.39 is 0 Å². The zero-order chi connectivity index (χ0) is 14.9. The van der Waals surface area contributed by atoms with Gasteiger partial charge in [0.15, 0.2) is 11.2 Å². The molecule has 0 saturated carbocycles. The number of thiazole rings is 1. The molecule has 1 saturated heterocycles. The van der Waals surface area contributed by atoms with Crippen molar-refractivity contribution in [1.82, 2.24) is 19.9 Å². The Morgan fingerprint density at radius 3 is 3.14 bits per heavy atom. The summed E-state index contributed by atoms with van der Waals surface area (Å²) in [4.78, 5) is 17.0. The number of likely N-dealkylation sites (tertiary alicyclic amines) is 1. The van der Waals surface area contributed by atoms with Crippen LogP contribution in [-0.2, 0) is 6.54 Å². The van der Waals surface area contributed by atoms with Crippen molar-refractivity contribution in [2.24, 2.45) is 0 Å². The fraction of sp³-hybridized carbons (Fsp3) is 0.438. The molecule has 1 aliphatic rings. The van der Waals surface area contributed by atoms with Gasteiger partial charge in [-0.25, -0.2) is 9.97 Å². The van der Waals surface area contributed by atoms with Crippen LogP contribution in [0.5, 0.6) is 0 Å². The summed E-state index contributed by atoms with van der Waals surface area (Å²) < 4.78 is 5.83. The first-order valence-corrected chi connectivity index (χ1v) is 8.48. The molecule has 3 aromatic heterocycles. The van der Waals surface area contributed by atoms with E-state index in [0.29, 0.717) is 11.7 Å². The summed E-state index contributed by atoms with van der Waals surface area (Å²) in [6, 6.07) is 4.17. The number of aromatic nitrogens is 3. The van der Waals surface area contributed by atoms with E-state index in [1.807, 2.05) is 18.3 Å². The molecule has 114 valence electrons. The molecule has 3 aromatic rings. The number of hydrogen-bond acceptors (Lipinski definition) is 6. The quantitative estimate of drug-likeness (QED) is 0.737. The van der Waals surface area contributed by atoms with E-state index in [1.165, 1.54) is 22.7 Å². The number of hydrogen-bond donors (Lipinski definition) is 0. The minimum Gasteiger partial charge on any atom is -0.438 e. The van der Waals surface area contributed by atoms with E-state index in [2.05, 4.69) is 26.8 Å². The highest BCUT2D eigenvalue weighted by Crippen LogP contribution is 2.34. The van der Waals surface area contributed by atoms with Crippen LogP contribution in [0.25, 0.3) is 11.2 Å². The highest BCUT2D eigenvalue weighted by Gasteiger charge is 2.27. The van der Waals surface area contributed by atoms with Crippen molar-refractivity contribution in [3.05, 3.63) is 40.3 Å². The molecule has 0 aromatic carbocycles. The Bertz CT molecular complexity index is 748. The van der Waals surface area contributed by atoms with Gasteiger partial charge in [0.2, 0.25) is 5.89 Å². The average molecular weight is 314 g/mol. The fourth-order valence-corrected chi connectivity index (χ4v) is 3.98. The summed E-state index contributed by atoms with van der Waals surface area (Å²) in [5, 5.41) is 1.21. The third kappa shape index (κ3) is 2.64. The Morgan fingerprint density at radius 2 is 2.32 bits per heavy atom. The van der Waals surface area contributed by atoms with Crippen LogP contribution >= 0.6 is 11.3 Å². The molecule has 4 rings (SSSR count). The van der Waals surface area contributed by atoms with Gasteiger partial charge in [0.25, 0.3) is 0 Å². The molecule has 4 heterocycles. The lowest BCUT2D eigenvalue weighted by Gasteiger charge is -2.33. The number of rotatable bonds is 3. The highest BCUT2D eigenvalue weighted by atomic mass is 32.1. The van der Waals surface area contributed by atoms with Gasteiger partial charge in [-0.1, -0.05) is 6.42 Å². The first-order valence-electron chi connectivity index (χ1n) is 7.66. The molecule has 0 spiro atoms. The monoisotopic (exact) mass is 314 g/mol. The maximum absolute atomic E-state index is 5.83. The maximum Gasteiger partial charge on any atom is 0.211 e. The lowest BCUT2D eigenvalue weighted by Crippen LogP contribution is -2.32. The van der Waals surface area contributed by atoms with Crippen molar-refractivity contribution in [2.45, 2.75) is 38.8 Å². The predicted molar refractivity (Wildman–Crippen MR) is 85.7 cm³/mol. The normalized spacial score (nSPS) is 19.8. The van der Waals surface area contributed by atoms with Crippen molar-refractivity contribution < 1.29 is 4.42 Å². The summed E-state index contributed by atoms with van der Waals surface area (Å²) in [6.45, 7) is 3.90. The van der Waals surface area contributed by atoms with Crippen molar-refractivity contribution in [1.29, 1.82) is 0 Å². The SMILES string of the molecule is Cc1cnc(C2CCCCN2Cc2nc3ncccc3o2)s1. The topological polar surface area (TPSA) is 55.1 Å². The molecule has 1 unspecified atom stereocenters. The van der Waals surface area contributed by atoms with Crippen molar-refractivity contribution in [3.63, 3.8) is 0 Å². The van der Waals surface area contributed by atoms with E-state index in [-0.39, 0.29) is 0 Å². The molecule has 5 nitrogen and oxygen atoms in total. The van der Waals surface area contributed by atoms with Gasteiger partial charge in [0.1, 0.15) is 5.01 Å². The summed E-state index contributed by atoms with van der Waals surface area (Å²) >= 11 is 1.80. The molecular formula is C16H18N4OS. The maximum atomic E-state index is 5.83. The van der Waals surface area contributed by atoms with E-state index in [4.69, 9.17) is 4.42 Å². The second-order valence-corrected chi connectivity index (χ2v) is 6.99. The van der Waals surface area contributed by atoms with Crippen molar-refractivity contribution >= 4 is 22.6 Å². The Morgan fingerprint density at radius 1 is 1.36 bits per heavy atom. The number of aryl methyl sites for hydroxylation is 1. The van der Waals surface area contributed by atoms with E-state index in [0.717, 1.165) is 31.0 Å².